The number of amides is 4. The van der Waals surface area contributed by atoms with Gasteiger partial charge in [-0.15, -0.1) is 6.58 Å². The van der Waals surface area contributed by atoms with E-state index in [0.717, 1.165) is 23.4 Å². The van der Waals surface area contributed by atoms with E-state index in [4.69, 9.17) is 0 Å². The fourth-order valence-electron chi connectivity index (χ4n) is 4.71. The first-order valence-corrected chi connectivity index (χ1v) is 9.22. The molecule has 1 aromatic rings. The summed E-state index contributed by atoms with van der Waals surface area (Å²) in [6.45, 7) is 4.22. The van der Waals surface area contributed by atoms with E-state index in [9.17, 15) is 24.5 Å². The number of imide groups is 2. The quantitative estimate of drug-likeness (QED) is 0.368. The number of fused-ring (bicyclic) bond motifs is 4. The Balaban J connectivity index is 1.88. The highest BCUT2D eigenvalue weighted by atomic mass is 16.6. The molecule has 0 saturated carbocycles. The zero-order valence-corrected chi connectivity index (χ0v) is 15.2. The summed E-state index contributed by atoms with van der Waals surface area (Å²) < 4.78 is 0. The average Bonchev–Trinajstić information content (AvgIpc) is 2.69. The van der Waals surface area contributed by atoms with E-state index in [2.05, 4.69) is 11.9 Å². The molecule has 3 aliphatic rings. The van der Waals surface area contributed by atoms with E-state index in [-0.39, 0.29) is 18.7 Å². The number of carbonyl (C=O) groups is 3. The zero-order valence-electron chi connectivity index (χ0n) is 15.2. The van der Waals surface area contributed by atoms with Gasteiger partial charge in [0.1, 0.15) is 0 Å². The summed E-state index contributed by atoms with van der Waals surface area (Å²) in [5, 5.41) is 13.6. The first-order valence-electron chi connectivity index (χ1n) is 9.22. The fraction of sp³-hybridized carbons (Fsp3) is 0.421. The average molecular weight is 384 g/mol. The Kier molecular flexibility index (Phi) is 4.17. The number of hydrogen-bond acceptors (Lipinski definition) is 6. The van der Waals surface area contributed by atoms with Crippen LogP contribution in [0.4, 0.5) is 16.2 Å². The smallest absolute Gasteiger partial charge is 0.331 e. The molecule has 28 heavy (non-hydrogen) atoms. The van der Waals surface area contributed by atoms with Gasteiger partial charge in [-0.1, -0.05) is 6.08 Å². The normalized spacial score (nSPS) is 26.6. The molecule has 4 rings (SSSR count). The number of non-ortho nitro benzene ring substituents is 1. The van der Waals surface area contributed by atoms with Crippen molar-refractivity contribution in [2.45, 2.75) is 31.7 Å². The molecule has 3 heterocycles. The van der Waals surface area contributed by atoms with Crippen LogP contribution in [0.1, 0.15) is 24.8 Å². The number of urea groups is 1. The summed E-state index contributed by atoms with van der Waals surface area (Å²) in [6.07, 6.45) is 3.85. The molecule has 9 nitrogen and oxygen atoms in total. The monoisotopic (exact) mass is 384 g/mol. The Morgan fingerprint density at radius 3 is 2.82 bits per heavy atom. The van der Waals surface area contributed by atoms with Crippen molar-refractivity contribution in [3.05, 3.63) is 46.5 Å². The molecule has 0 aliphatic carbocycles. The number of barbiturate groups is 1. The minimum atomic E-state index is -1.49. The maximum atomic E-state index is 13.4. The third-order valence-electron chi connectivity index (χ3n) is 5.93. The van der Waals surface area contributed by atoms with Crippen LogP contribution in [0.2, 0.25) is 0 Å². The van der Waals surface area contributed by atoms with E-state index in [1.165, 1.54) is 18.2 Å². The van der Waals surface area contributed by atoms with Gasteiger partial charge >= 0.3 is 6.03 Å². The lowest BCUT2D eigenvalue weighted by Crippen LogP contribution is -2.72. The molecule has 0 bridgehead atoms. The number of hydrogen-bond donors (Lipinski definition) is 1. The van der Waals surface area contributed by atoms with Gasteiger partial charge in [-0.2, -0.15) is 0 Å². The highest BCUT2D eigenvalue weighted by Crippen LogP contribution is 2.48. The lowest BCUT2D eigenvalue weighted by Gasteiger charge is -2.53. The van der Waals surface area contributed by atoms with Crippen molar-refractivity contribution in [1.82, 2.24) is 10.2 Å². The molecule has 2 unspecified atom stereocenters. The summed E-state index contributed by atoms with van der Waals surface area (Å²) in [5.41, 5.74) is -0.191. The zero-order chi connectivity index (χ0) is 20.1. The van der Waals surface area contributed by atoms with Crippen LogP contribution in [0.15, 0.2) is 30.9 Å². The van der Waals surface area contributed by atoms with E-state index < -0.39 is 34.2 Å². The highest BCUT2D eigenvalue weighted by molar-refractivity contribution is 6.20. The Morgan fingerprint density at radius 2 is 2.11 bits per heavy atom. The Labute approximate surface area is 161 Å². The van der Waals surface area contributed by atoms with Gasteiger partial charge in [0.2, 0.25) is 11.8 Å². The van der Waals surface area contributed by atoms with E-state index in [0.29, 0.717) is 18.5 Å². The van der Waals surface area contributed by atoms with Crippen LogP contribution in [0.5, 0.6) is 0 Å². The van der Waals surface area contributed by atoms with Crippen molar-refractivity contribution < 1.29 is 19.3 Å². The van der Waals surface area contributed by atoms with Gasteiger partial charge in [-0.25, -0.2) is 4.79 Å². The van der Waals surface area contributed by atoms with Gasteiger partial charge < -0.3 is 4.90 Å². The van der Waals surface area contributed by atoms with Crippen molar-refractivity contribution in [3.63, 3.8) is 0 Å². The molecule has 146 valence electrons. The number of nitro benzene ring substituents is 1. The number of nitro groups is 1. The summed E-state index contributed by atoms with van der Waals surface area (Å²) in [6, 6.07) is 3.40. The summed E-state index contributed by atoms with van der Waals surface area (Å²) in [5.74, 6) is -1.19. The molecule has 2 atom stereocenters. The van der Waals surface area contributed by atoms with Crippen LogP contribution in [0.25, 0.3) is 0 Å². The first kappa shape index (κ1) is 18.1. The molecule has 1 spiro atoms. The Morgan fingerprint density at radius 1 is 1.32 bits per heavy atom. The molecular weight excluding hydrogens is 364 g/mol. The van der Waals surface area contributed by atoms with E-state index >= 15 is 0 Å². The summed E-state index contributed by atoms with van der Waals surface area (Å²) in [4.78, 5) is 52.4. The number of anilines is 1. The standard InChI is InChI=1S/C19H20N4O5/c1-2-8-22-17(25)19(16(24)20-18(22)26)11-12-10-13(23(27)28)6-7-14(12)21-9-4-3-5-15(19)21/h2,6-7,10,15H,1,3-5,8-9,11H2,(H,20,24,26). The molecule has 3 aliphatic heterocycles. The number of nitrogens with zero attached hydrogens (tertiary/aromatic N) is 3. The maximum absolute atomic E-state index is 13.4. The number of piperidine rings is 1. The van der Waals surface area contributed by atoms with Gasteiger partial charge in [-0.05, 0) is 30.9 Å². The lowest BCUT2D eigenvalue weighted by molar-refractivity contribution is -0.384. The summed E-state index contributed by atoms with van der Waals surface area (Å²) in [7, 11) is 0. The van der Waals surface area contributed by atoms with Crippen molar-refractivity contribution >= 4 is 29.2 Å². The minimum absolute atomic E-state index is 0.00574. The number of rotatable bonds is 3. The number of nitrogens with one attached hydrogen (secondary N) is 1. The minimum Gasteiger partial charge on any atom is -0.367 e. The maximum Gasteiger partial charge on any atom is 0.331 e. The van der Waals surface area contributed by atoms with Crippen molar-refractivity contribution in [2.24, 2.45) is 5.41 Å². The largest absolute Gasteiger partial charge is 0.367 e. The molecular formula is C19H20N4O5. The van der Waals surface area contributed by atoms with Gasteiger partial charge in [0.15, 0.2) is 5.41 Å². The predicted octanol–water partition coefficient (Wildman–Crippen LogP) is 1.76. The highest BCUT2D eigenvalue weighted by Gasteiger charge is 2.62. The van der Waals surface area contributed by atoms with Gasteiger partial charge in [0.05, 0.1) is 11.0 Å². The van der Waals surface area contributed by atoms with Crippen LogP contribution in [-0.4, -0.2) is 46.8 Å². The van der Waals surface area contributed by atoms with Crippen LogP contribution in [0, 0.1) is 15.5 Å². The van der Waals surface area contributed by atoms with E-state index in [1.54, 1.807) is 6.07 Å². The first-order chi connectivity index (χ1) is 13.4. The molecule has 2 saturated heterocycles. The fourth-order valence-corrected chi connectivity index (χ4v) is 4.71. The third-order valence-corrected chi connectivity index (χ3v) is 5.93. The predicted molar refractivity (Wildman–Crippen MR) is 99.7 cm³/mol. The second-order valence-corrected chi connectivity index (χ2v) is 7.39. The van der Waals surface area contributed by atoms with Crippen LogP contribution in [-0.2, 0) is 16.0 Å². The van der Waals surface area contributed by atoms with Gasteiger partial charge in [-0.3, -0.25) is 29.9 Å². The third kappa shape index (κ3) is 2.42. The lowest BCUT2D eigenvalue weighted by atomic mass is 9.66. The van der Waals surface area contributed by atoms with Gasteiger partial charge in [0.25, 0.3) is 5.69 Å². The Hall–Kier alpha value is -3.23. The van der Waals surface area contributed by atoms with Gasteiger partial charge in [0, 0.05) is 37.3 Å². The van der Waals surface area contributed by atoms with Crippen molar-refractivity contribution in [3.8, 4) is 0 Å². The number of benzene rings is 1. The van der Waals surface area contributed by atoms with Crippen LogP contribution < -0.4 is 10.2 Å². The second-order valence-electron chi connectivity index (χ2n) is 7.39. The van der Waals surface area contributed by atoms with Crippen molar-refractivity contribution in [2.75, 3.05) is 18.0 Å². The Bertz CT molecular complexity index is 914. The van der Waals surface area contributed by atoms with Crippen LogP contribution in [0.3, 0.4) is 0 Å². The molecule has 0 radical (unpaired) electrons. The number of carbonyl (C=O) groups excluding carboxylic acids is 3. The molecule has 0 aromatic heterocycles. The molecule has 1 aromatic carbocycles. The van der Waals surface area contributed by atoms with Crippen molar-refractivity contribution in [1.29, 1.82) is 0 Å². The van der Waals surface area contributed by atoms with Crippen LogP contribution >= 0.6 is 0 Å². The topological polar surface area (TPSA) is 113 Å². The second kappa shape index (κ2) is 6.43. The summed E-state index contributed by atoms with van der Waals surface area (Å²) >= 11 is 0. The molecule has 4 amide bonds. The molecule has 1 N–H and O–H groups in total. The van der Waals surface area contributed by atoms with E-state index in [1.807, 2.05) is 4.90 Å². The SMILES string of the molecule is C=CCN1C(=O)NC(=O)C2(Cc3cc([N+](=O)[O-])ccc3N3CCCCC32)C1=O. The molecule has 2 fully saturated rings. The molecule has 9 heteroatoms.